The first-order chi connectivity index (χ1) is 9.39. The average Bonchev–Trinajstić information content (AvgIpc) is 2.87. The Hall–Kier alpha value is -0.610. The predicted molar refractivity (Wildman–Crippen MR) is 82.8 cm³/mol. The van der Waals surface area contributed by atoms with E-state index in [1.807, 2.05) is 0 Å². The SMILES string of the molecule is CCCC1(C(=O)N2CCN(C(C)(C)C)CC2)CCCN1. The van der Waals surface area contributed by atoms with E-state index in [0.29, 0.717) is 5.91 Å². The molecule has 0 radical (unpaired) electrons. The Labute approximate surface area is 123 Å². The first kappa shape index (κ1) is 15.8. The second kappa shape index (κ2) is 6.02. The third-order valence-corrected chi connectivity index (χ3v) is 4.85. The molecule has 20 heavy (non-hydrogen) atoms. The summed E-state index contributed by atoms with van der Waals surface area (Å²) < 4.78 is 0. The first-order valence-corrected chi connectivity index (χ1v) is 8.18. The number of rotatable bonds is 3. The third-order valence-electron chi connectivity index (χ3n) is 4.85. The maximum Gasteiger partial charge on any atom is 0.242 e. The van der Waals surface area contributed by atoms with E-state index in [1.54, 1.807) is 0 Å². The molecule has 116 valence electrons. The van der Waals surface area contributed by atoms with Gasteiger partial charge in [-0.15, -0.1) is 0 Å². The molecule has 0 aliphatic carbocycles. The van der Waals surface area contributed by atoms with Crippen LogP contribution in [-0.2, 0) is 4.79 Å². The monoisotopic (exact) mass is 281 g/mol. The molecule has 0 spiro atoms. The van der Waals surface area contributed by atoms with Gasteiger partial charge in [0.25, 0.3) is 0 Å². The van der Waals surface area contributed by atoms with Gasteiger partial charge < -0.3 is 10.2 Å². The molecule has 1 unspecified atom stereocenters. The highest BCUT2D eigenvalue weighted by Crippen LogP contribution is 2.28. The lowest BCUT2D eigenvalue weighted by Crippen LogP contribution is -2.61. The van der Waals surface area contributed by atoms with Crippen molar-refractivity contribution in [3.63, 3.8) is 0 Å². The van der Waals surface area contributed by atoms with Gasteiger partial charge in [-0.1, -0.05) is 13.3 Å². The van der Waals surface area contributed by atoms with Gasteiger partial charge in [-0.25, -0.2) is 0 Å². The van der Waals surface area contributed by atoms with E-state index in [4.69, 9.17) is 0 Å². The number of nitrogens with one attached hydrogen (secondary N) is 1. The summed E-state index contributed by atoms with van der Waals surface area (Å²) in [7, 11) is 0. The summed E-state index contributed by atoms with van der Waals surface area (Å²) in [6.45, 7) is 13.7. The minimum absolute atomic E-state index is 0.210. The Kier molecular flexibility index (Phi) is 4.75. The third kappa shape index (κ3) is 3.17. The van der Waals surface area contributed by atoms with E-state index in [-0.39, 0.29) is 11.1 Å². The van der Waals surface area contributed by atoms with Crippen LogP contribution in [-0.4, -0.2) is 59.5 Å². The molecular formula is C16H31N3O. The summed E-state index contributed by atoms with van der Waals surface area (Å²) in [5.41, 5.74) is -0.0412. The zero-order chi connectivity index (χ0) is 14.8. The predicted octanol–water partition coefficient (Wildman–Crippen LogP) is 1.85. The molecule has 0 aromatic heterocycles. The normalized spacial score (nSPS) is 28.9. The number of nitrogens with zero attached hydrogens (tertiary/aromatic N) is 2. The van der Waals surface area contributed by atoms with Gasteiger partial charge in [0.1, 0.15) is 0 Å². The molecule has 2 rings (SSSR count). The van der Waals surface area contributed by atoms with E-state index in [1.165, 1.54) is 0 Å². The minimum Gasteiger partial charge on any atom is -0.339 e. The van der Waals surface area contributed by atoms with Crippen LogP contribution in [0.2, 0.25) is 0 Å². The van der Waals surface area contributed by atoms with Gasteiger partial charge in [-0.05, 0) is 46.6 Å². The molecule has 2 heterocycles. The molecule has 1 amide bonds. The van der Waals surface area contributed by atoms with E-state index in [2.05, 4.69) is 42.8 Å². The molecule has 0 aromatic rings. The lowest BCUT2D eigenvalue weighted by molar-refractivity contribution is -0.140. The number of carbonyl (C=O) groups is 1. The molecule has 1 atom stereocenters. The molecule has 0 bridgehead atoms. The van der Waals surface area contributed by atoms with Crippen molar-refractivity contribution in [1.29, 1.82) is 0 Å². The van der Waals surface area contributed by atoms with Gasteiger partial charge in [0.2, 0.25) is 5.91 Å². The number of hydrogen-bond donors (Lipinski definition) is 1. The van der Waals surface area contributed by atoms with Gasteiger partial charge in [0.05, 0.1) is 5.54 Å². The van der Waals surface area contributed by atoms with Gasteiger partial charge in [-0.3, -0.25) is 9.69 Å². The molecule has 1 N–H and O–H groups in total. The fraction of sp³-hybridized carbons (Fsp3) is 0.938. The smallest absolute Gasteiger partial charge is 0.242 e. The minimum atomic E-state index is -0.251. The molecule has 4 nitrogen and oxygen atoms in total. The van der Waals surface area contributed by atoms with Crippen molar-refractivity contribution < 1.29 is 4.79 Å². The van der Waals surface area contributed by atoms with Crippen LogP contribution in [0, 0.1) is 0 Å². The van der Waals surface area contributed by atoms with Crippen molar-refractivity contribution >= 4 is 5.91 Å². The van der Waals surface area contributed by atoms with Crippen molar-refractivity contribution in [1.82, 2.24) is 15.1 Å². The zero-order valence-electron chi connectivity index (χ0n) is 13.7. The van der Waals surface area contributed by atoms with Crippen LogP contribution < -0.4 is 5.32 Å². The topological polar surface area (TPSA) is 35.6 Å². The van der Waals surface area contributed by atoms with Crippen LogP contribution in [0.15, 0.2) is 0 Å². The quantitative estimate of drug-likeness (QED) is 0.857. The highest BCUT2D eigenvalue weighted by Gasteiger charge is 2.43. The number of amides is 1. The van der Waals surface area contributed by atoms with Crippen molar-refractivity contribution in [3.05, 3.63) is 0 Å². The van der Waals surface area contributed by atoms with Crippen molar-refractivity contribution in [3.8, 4) is 0 Å². The number of hydrogen-bond acceptors (Lipinski definition) is 3. The van der Waals surface area contributed by atoms with Crippen molar-refractivity contribution in [2.45, 2.75) is 64.5 Å². The summed E-state index contributed by atoms with van der Waals surface area (Å²) in [6, 6.07) is 0. The van der Waals surface area contributed by atoms with Crippen LogP contribution in [0.3, 0.4) is 0 Å². The molecule has 0 saturated carbocycles. The summed E-state index contributed by atoms with van der Waals surface area (Å²) in [4.78, 5) is 17.5. The first-order valence-electron chi connectivity index (χ1n) is 8.18. The molecule has 0 aromatic carbocycles. The lowest BCUT2D eigenvalue weighted by atomic mass is 9.90. The summed E-state index contributed by atoms with van der Waals surface area (Å²) >= 11 is 0. The maximum absolute atomic E-state index is 12.9. The van der Waals surface area contributed by atoms with Crippen LogP contribution >= 0.6 is 0 Å². The lowest BCUT2D eigenvalue weighted by Gasteiger charge is -2.44. The van der Waals surface area contributed by atoms with E-state index < -0.39 is 0 Å². The van der Waals surface area contributed by atoms with Crippen LogP contribution in [0.5, 0.6) is 0 Å². The van der Waals surface area contributed by atoms with E-state index in [0.717, 1.165) is 58.4 Å². The largest absolute Gasteiger partial charge is 0.339 e. The fourth-order valence-electron chi connectivity index (χ4n) is 3.62. The molecule has 4 heteroatoms. The van der Waals surface area contributed by atoms with E-state index in [9.17, 15) is 4.79 Å². The molecule has 2 aliphatic rings. The summed E-state index contributed by atoms with van der Waals surface area (Å²) in [5.74, 6) is 0.352. The Morgan fingerprint density at radius 3 is 2.30 bits per heavy atom. The second-order valence-electron chi connectivity index (χ2n) is 7.31. The number of carbonyl (C=O) groups excluding carboxylic acids is 1. The van der Waals surface area contributed by atoms with Crippen molar-refractivity contribution in [2.24, 2.45) is 0 Å². The Bertz CT molecular complexity index is 334. The zero-order valence-corrected chi connectivity index (χ0v) is 13.7. The Balaban J connectivity index is 1.97. The average molecular weight is 281 g/mol. The maximum atomic E-state index is 12.9. The molecule has 2 saturated heterocycles. The van der Waals surface area contributed by atoms with Crippen LogP contribution in [0.4, 0.5) is 0 Å². The van der Waals surface area contributed by atoms with Gasteiger partial charge in [-0.2, -0.15) is 0 Å². The van der Waals surface area contributed by atoms with E-state index >= 15 is 0 Å². The number of piperazine rings is 1. The molecule has 2 fully saturated rings. The molecular weight excluding hydrogens is 250 g/mol. The Morgan fingerprint density at radius 2 is 1.85 bits per heavy atom. The summed E-state index contributed by atoms with van der Waals surface area (Å²) in [5, 5.41) is 3.50. The standard InChI is InChI=1S/C16H31N3O/c1-5-7-16(8-6-9-17-16)14(20)18-10-12-19(13-11-18)15(2,3)4/h17H,5-13H2,1-4H3. The highest BCUT2D eigenvalue weighted by molar-refractivity contribution is 5.87. The van der Waals surface area contributed by atoms with Gasteiger partial charge >= 0.3 is 0 Å². The van der Waals surface area contributed by atoms with Gasteiger partial charge in [0, 0.05) is 31.7 Å². The highest BCUT2D eigenvalue weighted by atomic mass is 16.2. The fourth-order valence-corrected chi connectivity index (χ4v) is 3.62. The van der Waals surface area contributed by atoms with Crippen LogP contribution in [0.1, 0.15) is 53.4 Å². The van der Waals surface area contributed by atoms with Gasteiger partial charge in [0.15, 0.2) is 0 Å². The van der Waals surface area contributed by atoms with Crippen LogP contribution in [0.25, 0.3) is 0 Å². The molecule has 2 aliphatic heterocycles. The summed E-state index contributed by atoms with van der Waals surface area (Å²) in [6.07, 6.45) is 4.19. The Morgan fingerprint density at radius 1 is 1.20 bits per heavy atom. The second-order valence-corrected chi connectivity index (χ2v) is 7.31. The van der Waals surface area contributed by atoms with Crippen molar-refractivity contribution in [2.75, 3.05) is 32.7 Å².